The molecular formula is C51H62N12O8. The van der Waals surface area contributed by atoms with Crippen LogP contribution in [0.3, 0.4) is 0 Å². The van der Waals surface area contributed by atoms with Gasteiger partial charge in [-0.05, 0) is 138 Å². The molecule has 2 aliphatic rings. The molecule has 71 heavy (non-hydrogen) atoms. The zero-order valence-electron chi connectivity index (χ0n) is 42.0. The van der Waals surface area contributed by atoms with Crippen molar-refractivity contribution in [1.29, 1.82) is 0 Å². The van der Waals surface area contributed by atoms with Gasteiger partial charge < -0.3 is 27.8 Å². The van der Waals surface area contributed by atoms with Gasteiger partial charge in [0, 0.05) is 28.5 Å². The van der Waals surface area contributed by atoms with E-state index in [1.54, 1.807) is 59.9 Å². The molecule has 0 aliphatic carbocycles. The second-order valence-electron chi connectivity index (χ2n) is 19.9. The summed E-state index contributed by atoms with van der Waals surface area (Å²) in [7, 11) is 0. The molecule has 0 unspecified atom stereocenters. The van der Waals surface area contributed by atoms with E-state index >= 15 is 0 Å². The Bertz CT molecular complexity index is 2960. The smallest absolute Gasteiger partial charge is 0.412 e. The first-order valence-corrected chi connectivity index (χ1v) is 24.0. The number of aromatic amines is 1. The van der Waals surface area contributed by atoms with Gasteiger partial charge in [0.1, 0.15) is 16.9 Å². The minimum Gasteiger partial charge on any atom is -0.474 e. The topological polar surface area (TPSA) is 245 Å². The second kappa shape index (κ2) is 21.2. The molecule has 0 fully saturated rings. The molecule has 2 amide bonds. The van der Waals surface area contributed by atoms with Crippen molar-refractivity contribution in [2.45, 2.75) is 151 Å². The number of aromatic nitrogens is 10. The van der Waals surface area contributed by atoms with Gasteiger partial charge in [0.25, 0.3) is 23.6 Å². The number of pyridine rings is 2. The maximum atomic E-state index is 12.6. The summed E-state index contributed by atoms with van der Waals surface area (Å²) in [5, 5.41) is 34.4. The van der Waals surface area contributed by atoms with Gasteiger partial charge in [0.2, 0.25) is 11.8 Å². The Morgan fingerprint density at radius 1 is 0.690 bits per heavy atom. The quantitative estimate of drug-likeness (QED) is 0.148. The van der Waals surface area contributed by atoms with Crippen LogP contribution in [0.2, 0.25) is 0 Å². The van der Waals surface area contributed by atoms with Crippen LogP contribution in [0.15, 0.2) is 63.7 Å². The van der Waals surface area contributed by atoms with E-state index in [2.05, 4.69) is 64.5 Å². The lowest BCUT2D eigenvalue weighted by Gasteiger charge is -2.21. The molecule has 20 nitrogen and oxygen atoms in total. The third kappa shape index (κ3) is 13.0. The molecule has 8 heterocycles. The number of H-pyrrole nitrogens is 1. The molecule has 3 N–H and O–H groups in total. The van der Waals surface area contributed by atoms with Crippen LogP contribution < -0.4 is 20.1 Å². The second-order valence-corrected chi connectivity index (χ2v) is 19.9. The number of nitrogens with zero attached hydrogens (tertiary/aromatic N) is 9. The number of benzene rings is 1. The molecule has 9 rings (SSSR count). The number of aryl methyl sites for hydroxylation is 4. The van der Waals surface area contributed by atoms with Crippen LogP contribution >= 0.6 is 0 Å². The van der Waals surface area contributed by atoms with Crippen LogP contribution in [0.25, 0.3) is 46.3 Å². The number of hydrogen-bond acceptors (Lipinski definition) is 16. The SMILES string of the molecule is Cc1cc(NC(=O)OC(C)(C)C)c2nc1O[C@H](C)CCCCc1cn(Cc3ccccc3)nc1-c1nnc-2o1.Cc1cc(NC(=O)OC(C)(C)C)c2nc1O[C@H](C)CCCCc1cn[nH]c1-c1nnc-2o1. The van der Waals surface area contributed by atoms with Gasteiger partial charge in [-0.25, -0.2) is 19.6 Å². The molecule has 2 aliphatic heterocycles. The third-order valence-electron chi connectivity index (χ3n) is 11.3. The summed E-state index contributed by atoms with van der Waals surface area (Å²) in [5.74, 6) is 1.82. The number of hydrogen-bond donors (Lipinski definition) is 3. The predicted octanol–water partition coefficient (Wildman–Crippen LogP) is 10.9. The van der Waals surface area contributed by atoms with Crippen LogP contribution in [-0.2, 0) is 28.9 Å². The average Bonchev–Trinajstić information content (AvgIpc) is 4.12. The Kier molecular flexibility index (Phi) is 14.8. The Morgan fingerprint density at radius 3 is 1.72 bits per heavy atom. The molecule has 2 atom stereocenters. The van der Waals surface area contributed by atoms with Gasteiger partial charge in [0.05, 0.1) is 36.3 Å². The summed E-state index contributed by atoms with van der Waals surface area (Å²) in [6.45, 7) is 19.2. The van der Waals surface area contributed by atoms with Gasteiger partial charge in [0.15, 0.2) is 17.1 Å². The van der Waals surface area contributed by atoms with E-state index in [0.717, 1.165) is 79.2 Å². The number of ether oxygens (including phenoxy) is 4. The predicted molar refractivity (Wildman–Crippen MR) is 264 cm³/mol. The van der Waals surface area contributed by atoms with Gasteiger partial charge >= 0.3 is 12.2 Å². The lowest BCUT2D eigenvalue weighted by atomic mass is 10.1. The van der Waals surface area contributed by atoms with Crippen LogP contribution in [0, 0.1) is 13.8 Å². The van der Waals surface area contributed by atoms with Crippen LogP contribution in [-0.4, -0.2) is 85.9 Å². The highest BCUT2D eigenvalue weighted by Gasteiger charge is 2.27. The minimum absolute atomic E-state index is 0.0243. The van der Waals surface area contributed by atoms with Gasteiger partial charge in [-0.15, -0.1) is 20.4 Å². The number of fused-ring (bicyclic) bond motifs is 14. The maximum Gasteiger partial charge on any atom is 0.412 e. The number of anilines is 2. The molecule has 0 saturated heterocycles. The molecule has 20 heteroatoms. The average molecular weight is 971 g/mol. The highest BCUT2D eigenvalue weighted by atomic mass is 16.6. The lowest BCUT2D eigenvalue weighted by Crippen LogP contribution is -2.27. The first kappa shape index (κ1) is 49.8. The number of carbonyl (C=O) groups is 2. The van der Waals surface area contributed by atoms with E-state index in [1.807, 2.05) is 50.6 Å². The summed E-state index contributed by atoms with van der Waals surface area (Å²) in [6.07, 6.45) is 9.89. The number of amides is 2. The van der Waals surface area contributed by atoms with Crippen molar-refractivity contribution in [1.82, 2.24) is 50.3 Å². The van der Waals surface area contributed by atoms with Crippen molar-refractivity contribution < 1.29 is 37.4 Å². The van der Waals surface area contributed by atoms with Crippen molar-refractivity contribution in [3.63, 3.8) is 0 Å². The molecule has 0 radical (unpaired) electrons. The van der Waals surface area contributed by atoms with Crippen molar-refractivity contribution in [2.24, 2.45) is 0 Å². The third-order valence-corrected chi connectivity index (χ3v) is 11.3. The fraction of sp³-hybridized carbons (Fsp3) is 0.451. The van der Waals surface area contributed by atoms with E-state index in [9.17, 15) is 9.59 Å². The van der Waals surface area contributed by atoms with Crippen molar-refractivity contribution >= 4 is 23.6 Å². The Hall–Kier alpha value is -7.64. The van der Waals surface area contributed by atoms with Crippen molar-refractivity contribution in [3.8, 4) is 58.1 Å². The van der Waals surface area contributed by atoms with Crippen molar-refractivity contribution in [2.75, 3.05) is 10.6 Å². The highest BCUT2D eigenvalue weighted by molar-refractivity contribution is 5.90. The summed E-state index contributed by atoms with van der Waals surface area (Å²) in [4.78, 5) is 34.4. The Balaban J connectivity index is 0.000000194. The first-order valence-electron chi connectivity index (χ1n) is 24.0. The Labute approximate surface area is 412 Å². The first-order chi connectivity index (χ1) is 33.8. The van der Waals surface area contributed by atoms with Gasteiger partial charge in [-0.3, -0.25) is 20.4 Å². The highest BCUT2D eigenvalue weighted by Crippen LogP contribution is 2.36. The maximum absolute atomic E-state index is 12.6. The molecule has 374 valence electrons. The zero-order valence-corrected chi connectivity index (χ0v) is 42.0. The fourth-order valence-corrected chi connectivity index (χ4v) is 7.97. The summed E-state index contributed by atoms with van der Waals surface area (Å²) >= 11 is 0. The number of rotatable bonds is 4. The Morgan fingerprint density at radius 2 is 1.18 bits per heavy atom. The molecule has 6 aromatic heterocycles. The summed E-state index contributed by atoms with van der Waals surface area (Å²) in [6, 6.07) is 13.7. The van der Waals surface area contributed by atoms with Crippen molar-refractivity contribution in [3.05, 3.63) is 82.7 Å². The van der Waals surface area contributed by atoms with Gasteiger partial charge in [-0.2, -0.15) is 10.2 Å². The standard InChI is InChI=1S/C29H34N6O4.C22H28N6O4/c1-18-15-22(30-28(36)39-29(3,4)5)24-27-33-32-26(38-27)23-21(14-10-9-11-19(2)37-25(18)31-24)17-35(34-23)16-20-12-7-6-8-13-20;1-12-10-15(24-21(29)32-22(3,4)5)17-20-28-27-19(31-20)16-14(11-23-26-16)9-7-6-8-13(2)30-18(12)25-17/h6-8,12-13,15,17,19H,9-11,14,16H2,1-5H3,(H,30,36);10-11,13H,6-9H2,1-5H3,(H,23,26)(H,24,29)/t19-;13-/m11/s1. The molecule has 1 aromatic carbocycles. The fourth-order valence-electron chi connectivity index (χ4n) is 7.97. The molecule has 8 bridgehead atoms. The van der Waals surface area contributed by atoms with E-state index in [0.29, 0.717) is 64.2 Å². The summed E-state index contributed by atoms with van der Waals surface area (Å²) < 4.78 is 37.2. The van der Waals surface area contributed by atoms with Crippen LogP contribution in [0.1, 0.15) is 122 Å². The number of nitrogens with one attached hydrogen (secondary N) is 3. The van der Waals surface area contributed by atoms with E-state index in [-0.39, 0.29) is 24.0 Å². The minimum atomic E-state index is -0.661. The normalized spacial score (nSPS) is 16.0. The van der Waals surface area contributed by atoms with E-state index in [4.69, 9.17) is 37.9 Å². The van der Waals surface area contributed by atoms with E-state index < -0.39 is 23.4 Å². The molecular weight excluding hydrogens is 909 g/mol. The number of carbonyl (C=O) groups excluding carboxylic acids is 2. The van der Waals surface area contributed by atoms with Gasteiger partial charge in [-0.1, -0.05) is 30.3 Å². The monoisotopic (exact) mass is 970 g/mol. The summed E-state index contributed by atoms with van der Waals surface area (Å²) in [5.41, 5.74) is 6.17. The lowest BCUT2D eigenvalue weighted by molar-refractivity contribution is 0.0624. The molecule has 0 spiro atoms. The zero-order chi connectivity index (χ0) is 50.5. The van der Waals surface area contributed by atoms with Crippen LogP contribution in [0.5, 0.6) is 11.8 Å². The molecule has 0 saturated carbocycles. The van der Waals surface area contributed by atoms with Crippen LogP contribution in [0.4, 0.5) is 21.0 Å². The molecule has 7 aromatic rings. The largest absolute Gasteiger partial charge is 0.474 e. The van der Waals surface area contributed by atoms with E-state index in [1.165, 1.54) is 0 Å².